The number of hydrogen-bond donors (Lipinski definition) is 2. The molecule has 0 atom stereocenters. The van der Waals surface area contributed by atoms with Crippen molar-refractivity contribution in [2.45, 2.75) is 53.1 Å². The van der Waals surface area contributed by atoms with E-state index in [1.54, 1.807) is 6.33 Å². The maximum absolute atomic E-state index is 4.70. The summed E-state index contributed by atoms with van der Waals surface area (Å²) in [5.41, 5.74) is 8.71. The largest absolute Gasteiger partial charge is 0.310 e. The number of rotatable bonds is 6. The van der Waals surface area contributed by atoms with Gasteiger partial charge in [0.15, 0.2) is 5.65 Å². The Morgan fingerprint density at radius 1 is 1.07 bits per heavy atom. The lowest BCUT2D eigenvalue weighted by Gasteiger charge is -2.12. The first kappa shape index (κ1) is 19.3. The van der Waals surface area contributed by atoms with E-state index in [4.69, 9.17) is 5.10 Å². The van der Waals surface area contributed by atoms with Crippen molar-refractivity contribution < 1.29 is 0 Å². The van der Waals surface area contributed by atoms with Crippen molar-refractivity contribution >= 4 is 5.65 Å². The molecule has 0 spiro atoms. The van der Waals surface area contributed by atoms with Gasteiger partial charge in [0.25, 0.3) is 0 Å². The van der Waals surface area contributed by atoms with Gasteiger partial charge in [-0.15, -0.1) is 0 Å². The number of nitrogens with one attached hydrogen (secondary N) is 2. The van der Waals surface area contributed by atoms with E-state index in [1.165, 1.54) is 11.1 Å². The van der Waals surface area contributed by atoms with E-state index in [9.17, 15) is 0 Å². The molecule has 0 aliphatic carbocycles. The maximum Gasteiger partial charge on any atom is 0.158 e. The van der Waals surface area contributed by atoms with Crippen LogP contribution in [0.15, 0.2) is 42.9 Å². The van der Waals surface area contributed by atoms with Crippen molar-refractivity contribution in [3.8, 4) is 22.5 Å². The Bertz CT molecular complexity index is 1120. The second kappa shape index (κ2) is 7.79. The molecule has 0 saturated heterocycles. The van der Waals surface area contributed by atoms with Crippen LogP contribution in [-0.4, -0.2) is 30.8 Å². The minimum atomic E-state index is 0.327. The second-order valence-corrected chi connectivity index (χ2v) is 8.19. The molecule has 0 radical (unpaired) electrons. The van der Waals surface area contributed by atoms with Crippen LogP contribution < -0.4 is 5.32 Å². The average molecular weight is 389 g/mol. The van der Waals surface area contributed by atoms with Gasteiger partial charge in [0, 0.05) is 29.9 Å². The number of fused-ring (bicyclic) bond motifs is 1. The van der Waals surface area contributed by atoms with Crippen molar-refractivity contribution in [1.82, 2.24) is 30.1 Å². The Balaban J connectivity index is 1.73. The number of aromatic amines is 1. The molecule has 0 aliphatic heterocycles. The molecule has 0 unspecified atom stereocenters. The summed E-state index contributed by atoms with van der Waals surface area (Å²) in [4.78, 5) is 4.32. The minimum Gasteiger partial charge on any atom is -0.310 e. The van der Waals surface area contributed by atoms with Crippen molar-refractivity contribution in [2.75, 3.05) is 0 Å². The minimum absolute atomic E-state index is 0.327. The summed E-state index contributed by atoms with van der Waals surface area (Å²) in [5.74, 6) is 0.327. The molecule has 0 amide bonds. The normalized spacial score (nSPS) is 11.8. The first-order valence-corrected chi connectivity index (χ1v) is 10.2. The van der Waals surface area contributed by atoms with Gasteiger partial charge in [-0.25, -0.2) is 9.50 Å². The summed E-state index contributed by atoms with van der Waals surface area (Å²) >= 11 is 0. The van der Waals surface area contributed by atoms with Gasteiger partial charge in [-0.2, -0.15) is 10.2 Å². The van der Waals surface area contributed by atoms with Crippen molar-refractivity contribution in [2.24, 2.45) is 0 Å². The van der Waals surface area contributed by atoms with E-state index in [1.807, 2.05) is 10.7 Å². The monoisotopic (exact) mass is 388 g/mol. The SMILES string of the molecule is Cc1cc(-c2n[nH]c(-c3ccc(CNC(C)C)cc3)c2C(C)C)cn2ncnc12. The topological polar surface area (TPSA) is 70.9 Å². The fourth-order valence-electron chi connectivity index (χ4n) is 3.69. The first-order chi connectivity index (χ1) is 13.9. The molecule has 6 nitrogen and oxygen atoms in total. The van der Waals surface area contributed by atoms with Crippen LogP contribution in [0, 0.1) is 6.92 Å². The zero-order valence-corrected chi connectivity index (χ0v) is 17.7. The summed E-state index contributed by atoms with van der Waals surface area (Å²) < 4.78 is 1.82. The highest BCUT2D eigenvalue weighted by atomic mass is 15.3. The van der Waals surface area contributed by atoms with Crippen LogP contribution in [0.4, 0.5) is 0 Å². The summed E-state index contributed by atoms with van der Waals surface area (Å²) in [6.45, 7) is 11.7. The van der Waals surface area contributed by atoms with Crippen LogP contribution in [0.2, 0.25) is 0 Å². The fourth-order valence-corrected chi connectivity index (χ4v) is 3.69. The van der Waals surface area contributed by atoms with Crippen LogP contribution >= 0.6 is 0 Å². The molecule has 1 aromatic carbocycles. The molecule has 2 N–H and O–H groups in total. The smallest absolute Gasteiger partial charge is 0.158 e. The maximum atomic E-state index is 4.70. The number of aryl methyl sites for hydroxylation is 1. The Labute approximate surface area is 171 Å². The highest BCUT2D eigenvalue weighted by Crippen LogP contribution is 2.36. The van der Waals surface area contributed by atoms with E-state index < -0.39 is 0 Å². The molecule has 150 valence electrons. The first-order valence-electron chi connectivity index (χ1n) is 10.2. The lowest BCUT2D eigenvalue weighted by Crippen LogP contribution is -2.21. The average Bonchev–Trinajstić information content (AvgIpc) is 3.34. The zero-order chi connectivity index (χ0) is 20.5. The van der Waals surface area contributed by atoms with Crippen molar-refractivity contribution in [3.05, 3.63) is 59.5 Å². The van der Waals surface area contributed by atoms with Gasteiger partial charge in [0.05, 0.1) is 11.4 Å². The summed E-state index contributed by atoms with van der Waals surface area (Å²) in [6.07, 6.45) is 3.59. The number of aromatic nitrogens is 5. The Hall–Kier alpha value is -2.99. The fraction of sp³-hybridized carbons (Fsp3) is 0.348. The van der Waals surface area contributed by atoms with E-state index in [2.05, 4.69) is 85.4 Å². The third-order valence-corrected chi connectivity index (χ3v) is 5.17. The Kier molecular flexibility index (Phi) is 5.20. The molecule has 4 rings (SSSR count). The van der Waals surface area contributed by atoms with Gasteiger partial charge >= 0.3 is 0 Å². The molecular weight excluding hydrogens is 360 g/mol. The molecule has 0 aliphatic rings. The van der Waals surface area contributed by atoms with E-state index in [-0.39, 0.29) is 0 Å². The van der Waals surface area contributed by atoms with Gasteiger partial charge in [0.1, 0.15) is 6.33 Å². The van der Waals surface area contributed by atoms with Crippen molar-refractivity contribution in [1.29, 1.82) is 0 Å². The van der Waals surface area contributed by atoms with Crippen LogP contribution in [0.1, 0.15) is 50.3 Å². The van der Waals surface area contributed by atoms with Gasteiger partial charge < -0.3 is 5.32 Å². The molecule has 0 bridgehead atoms. The number of nitrogens with zero attached hydrogens (tertiary/aromatic N) is 4. The van der Waals surface area contributed by atoms with Crippen LogP contribution in [-0.2, 0) is 6.54 Å². The highest BCUT2D eigenvalue weighted by Gasteiger charge is 2.20. The molecule has 3 aromatic heterocycles. The molecule has 4 aromatic rings. The molecule has 6 heteroatoms. The number of hydrogen-bond acceptors (Lipinski definition) is 4. The second-order valence-electron chi connectivity index (χ2n) is 8.19. The Morgan fingerprint density at radius 3 is 2.52 bits per heavy atom. The van der Waals surface area contributed by atoms with Crippen LogP contribution in [0.5, 0.6) is 0 Å². The molecule has 29 heavy (non-hydrogen) atoms. The predicted molar refractivity (Wildman–Crippen MR) is 117 cm³/mol. The molecule has 3 heterocycles. The standard InChI is InChI=1S/C23H28N6/c1-14(2)20-21(18-8-6-17(7-9-18)11-24-15(3)4)27-28-22(20)19-10-16(5)23-25-13-26-29(23)12-19/h6-10,12-15,24H,11H2,1-5H3,(H,27,28). The van der Waals surface area contributed by atoms with E-state index in [0.29, 0.717) is 12.0 Å². The van der Waals surface area contributed by atoms with Gasteiger partial charge in [0.2, 0.25) is 0 Å². The van der Waals surface area contributed by atoms with E-state index >= 15 is 0 Å². The molecular formula is C23H28N6. The Morgan fingerprint density at radius 2 is 1.83 bits per heavy atom. The number of benzene rings is 1. The third-order valence-electron chi connectivity index (χ3n) is 5.17. The molecule has 0 saturated carbocycles. The highest BCUT2D eigenvalue weighted by molar-refractivity contribution is 5.75. The van der Waals surface area contributed by atoms with Gasteiger partial charge in [-0.05, 0) is 35.6 Å². The lowest BCUT2D eigenvalue weighted by molar-refractivity contribution is 0.589. The molecule has 0 fully saturated rings. The van der Waals surface area contributed by atoms with Crippen LogP contribution in [0.3, 0.4) is 0 Å². The predicted octanol–water partition coefficient (Wildman–Crippen LogP) is 4.72. The van der Waals surface area contributed by atoms with Crippen LogP contribution in [0.25, 0.3) is 28.2 Å². The number of pyridine rings is 1. The summed E-state index contributed by atoms with van der Waals surface area (Å²) in [5, 5.41) is 15.8. The summed E-state index contributed by atoms with van der Waals surface area (Å²) in [6, 6.07) is 11.3. The number of H-pyrrole nitrogens is 1. The summed E-state index contributed by atoms with van der Waals surface area (Å²) in [7, 11) is 0. The van der Waals surface area contributed by atoms with Crippen molar-refractivity contribution in [3.63, 3.8) is 0 Å². The zero-order valence-electron chi connectivity index (χ0n) is 17.7. The van der Waals surface area contributed by atoms with Gasteiger partial charge in [-0.3, -0.25) is 5.10 Å². The van der Waals surface area contributed by atoms with Gasteiger partial charge in [-0.1, -0.05) is 52.0 Å². The quantitative estimate of drug-likeness (QED) is 0.501. The lowest BCUT2D eigenvalue weighted by atomic mass is 9.93. The third kappa shape index (κ3) is 3.80. The van der Waals surface area contributed by atoms with E-state index in [0.717, 1.165) is 40.3 Å².